The molecule has 2 N–H and O–H groups in total. The minimum Gasteiger partial charge on any atom is -0.480 e. The van der Waals surface area contributed by atoms with Crippen molar-refractivity contribution in [2.45, 2.75) is 77.2 Å². The molecule has 1 unspecified atom stereocenters. The Morgan fingerprint density at radius 1 is 0.950 bits per heavy atom. The Morgan fingerprint density at radius 2 is 1.45 bits per heavy atom. The molecular weight excluding hydrogens is 254 g/mol. The molecule has 114 valence electrons. The average Bonchev–Trinajstić information content (AvgIpc) is 2.48. The van der Waals surface area contributed by atoms with E-state index in [0.717, 1.165) is 57.8 Å². The van der Waals surface area contributed by atoms with E-state index in [1.54, 1.807) is 6.92 Å². The maximum atomic E-state index is 12.6. The summed E-state index contributed by atoms with van der Waals surface area (Å²) in [6.45, 7) is 1.63. The van der Waals surface area contributed by atoms with Gasteiger partial charge in [-0.05, 0) is 38.5 Å². The maximum absolute atomic E-state index is 12.6. The highest BCUT2D eigenvalue weighted by Crippen LogP contribution is 2.39. The Bertz CT molecular complexity index is 357. The van der Waals surface area contributed by atoms with Crippen LogP contribution >= 0.6 is 0 Å². The summed E-state index contributed by atoms with van der Waals surface area (Å²) in [7, 11) is 0. The van der Waals surface area contributed by atoms with Gasteiger partial charge in [-0.15, -0.1) is 0 Å². The van der Waals surface area contributed by atoms with Crippen molar-refractivity contribution in [1.82, 2.24) is 5.32 Å². The summed E-state index contributed by atoms with van der Waals surface area (Å²) in [5, 5.41) is 12.6. The number of amides is 1. The lowest BCUT2D eigenvalue weighted by Crippen LogP contribution is -2.52. The molecule has 2 fully saturated rings. The van der Waals surface area contributed by atoms with Gasteiger partial charge in [-0.3, -0.25) is 9.59 Å². The zero-order valence-corrected chi connectivity index (χ0v) is 12.5. The molecule has 0 radical (unpaired) electrons. The van der Waals surface area contributed by atoms with Crippen LogP contribution in [0.1, 0.15) is 71.1 Å². The first-order chi connectivity index (χ1) is 9.55. The normalized spacial score (nSPS) is 24.9. The predicted molar refractivity (Wildman–Crippen MR) is 77.3 cm³/mol. The summed E-state index contributed by atoms with van der Waals surface area (Å²) in [6, 6.07) is 0.179. The molecule has 0 spiro atoms. The first-order valence-electron chi connectivity index (χ1n) is 8.09. The molecule has 4 nitrogen and oxygen atoms in total. The van der Waals surface area contributed by atoms with Crippen molar-refractivity contribution in [3.63, 3.8) is 0 Å². The Balaban J connectivity index is 2.05. The third-order valence-electron chi connectivity index (χ3n) is 5.28. The Labute approximate surface area is 121 Å². The van der Waals surface area contributed by atoms with Crippen LogP contribution in [0.3, 0.4) is 0 Å². The van der Waals surface area contributed by atoms with E-state index in [9.17, 15) is 14.7 Å². The SMILES string of the molecule is CC(C(=O)O)(C(=O)NC1CCCCC1)C1CCCCC1. The Kier molecular flexibility index (Phi) is 5.06. The van der Waals surface area contributed by atoms with E-state index in [0.29, 0.717) is 0 Å². The highest BCUT2D eigenvalue weighted by atomic mass is 16.4. The van der Waals surface area contributed by atoms with Crippen molar-refractivity contribution in [3.8, 4) is 0 Å². The lowest BCUT2D eigenvalue weighted by molar-refractivity contribution is -0.160. The van der Waals surface area contributed by atoms with E-state index < -0.39 is 11.4 Å². The number of carbonyl (C=O) groups is 2. The number of rotatable bonds is 4. The van der Waals surface area contributed by atoms with E-state index in [1.165, 1.54) is 6.42 Å². The average molecular weight is 281 g/mol. The highest BCUT2D eigenvalue weighted by Gasteiger charge is 2.48. The molecule has 1 amide bonds. The molecule has 2 aliphatic rings. The van der Waals surface area contributed by atoms with Crippen molar-refractivity contribution in [3.05, 3.63) is 0 Å². The third kappa shape index (κ3) is 3.15. The van der Waals surface area contributed by atoms with Crippen LogP contribution < -0.4 is 5.32 Å². The number of nitrogens with one attached hydrogen (secondary N) is 1. The zero-order valence-electron chi connectivity index (χ0n) is 12.5. The van der Waals surface area contributed by atoms with Crippen molar-refractivity contribution in [2.75, 3.05) is 0 Å². The van der Waals surface area contributed by atoms with Gasteiger partial charge in [0.25, 0.3) is 0 Å². The zero-order chi connectivity index (χ0) is 14.6. The summed E-state index contributed by atoms with van der Waals surface area (Å²) in [4.78, 5) is 24.3. The van der Waals surface area contributed by atoms with E-state index >= 15 is 0 Å². The van der Waals surface area contributed by atoms with Crippen molar-refractivity contribution in [2.24, 2.45) is 11.3 Å². The molecule has 2 rings (SSSR count). The van der Waals surface area contributed by atoms with Crippen LogP contribution in [-0.4, -0.2) is 23.0 Å². The molecule has 0 aliphatic heterocycles. The van der Waals surface area contributed by atoms with Gasteiger partial charge in [0.05, 0.1) is 0 Å². The molecule has 0 aromatic rings. The monoisotopic (exact) mass is 281 g/mol. The van der Waals surface area contributed by atoms with Crippen LogP contribution in [-0.2, 0) is 9.59 Å². The van der Waals surface area contributed by atoms with E-state index in [2.05, 4.69) is 5.32 Å². The second kappa shape index (κ2) is 6.59. The van der Waals surface area contributed by atoms with Gasteiger partial charge >= 0.3 is 5.97 Å². The molecule has 2 saturated carbocycles. The quantitative estimate of drug-likeness (QED) is 0.778. The fourth-order valence-electron chi connectivity index (χ4n) is 3.72. The van der Waals surface area contributed by atoms with E-state index in [-0.39, 0.29) is 17.9 Å². The van der Waals surface area contributed by atoms with Gasteiger partial charge in [0, 0.05) is 6.04 Å². The number of carboxylic acids is 1. The van der Waals surface area contributed by atoms with Crippen LogP contribution in [0.2, 0.25) is 0 Å². The number of aliphatic carboxylic acids is 1. The van der Waals surface area contributed by atoms with Crippen LogP contribution in [0.4, 0.5) is 0 Å². The first-order valence-corrected chi connectivity index (χ1v) is 8.09. The summed E-state index contributed by atoms with van der Waals surface area (Å²) in [5.74, 6) is -1.24. The molecule has 20 heavy (non-hydrogen) atoms. The Hall–Kier alpha value is -1.06. The van der Waals surface area contributed by atoms with E-state index in [1.807, 2.05) is 0 Å². The third-order valence-corrected chi connectivity index (χ3v) is 5.28. The fourth-order valence-corrected chi connectivity index (χ4v) is 3.72. The molecule has 4 heteroatoms. The van der Waals surface area contributed by atoms with Crippen LogP contribution in [0, 0.1) is 11.3 Å². The molecule has 1 atom stereocenters. The van der Waals surface area contributed by atoms with Crippen LogP contribution in [0.5, 0.6) is 0 Å². The molecule has 2 aliphatic carbocycles. The maximum Gasteiger partial charge on any atom is 0.319 e. The summed E-state index contributed by atoms with van der Waals surface area (Å²) >= 11 is 0. The smallest absolute Gasteiger partial charge is 0.319 e. The lowest BCUT2D eigenvalue weighted by atomic mass is 9.69. The fraction of sp³-hybridized carbons (Fsp3) is 0.875. The molecular formula is C16H27NO3. The van der Waals surface area contributed by atoms with Gasteiger partial charge in [0.2, 0.25) is 5.91 Å². The first kappa shape index (κ1) is 15.3. The van der Waals surface area contributed by atoms with Crippen LogP contribution in [0.15, 0.2) is 0 Å². The number of carbonyl (C=O) groups excluding carboxylic acids is 1. The summed E-state index contributed by atoms with van der Waals surface area (Å²) in [6.07, 6.45) is 10.5. The minimum absolute atomic E-state index is 0.0164. The Morgan fingerprint density at radius 3 is 1.95 bits per heavy atom. The van der Waals surface area contributed by atoms with E-state index in [4.69, 9.17) is 0 Å². The predicted octanol–water partition coefficient (Wildman–Crippen LogP) is 3.11. The number of hydrogen-bond acceptors (Lipinski definition) is 2. The van der Waals surface area contributed by atoms with Gasteiger partial charge < -0.3 is 10.4 Å². The van der Waals surface area contributed by atoms with Gasteiger partial charge in [0.15, 0.2) is 0 Å². The second-order valence-corrected chi connectivity index (χ2v) is 6.65. The second-order valence-electron chi connectivity index (χ2n) is 6.65. The lowest BCUT2D eigenvalue weighted by Gasteiger charge is -2.36. The number of hydrogen-bond donors (Lipinski definition) is 2. The van der Waals surface area contributed by atoms with Gasteiger partial charge in [0.1, 0.15) is 5.41 Å². The van der Waals surface area contributed by atoms with Crippen LogP contribution in [0.25, 0.3) is 0 Å². The molecule has 0 heterocycles. The highest BCUT2D eigenvalue weighted by molar-refractivity contribution is 6.02. The number of carboxylic acid groups (broad SMARTS) is 1. The molecule has 0 saturated heterocycles. The van der Waals surface area contributed by atoms with Crippen molar-refractivity contribution < 1.29 is 14.7 Å². The summed E-state index contributed by atoms with van der Waals surface area (Å²) < 4.78 is 0. The molecule has 0 bridgehead atoms. The van der Waals surface area contributed by atoms with Crippen molar-refractivity contribution in [1.29, 1.82) is 0 Å². The molecule has 0 aromatic heterocycles. The summed E-state index contributed by atoms with van der Waals surface area (Å²) in [5.41, 5.74) is -1.25. The van der Waals surface area contributed by atoms with Gasteiger partial charge in [-0.2, -0.15) is 0 Å². The largest absolute Gasteiger partial charge is 0.480 e. The van der Waals surface area contributed by atoms with Gasteiger partial charge in [-0.1, -0.05) is 38.5 Å². The topological polar surface area (TPSA) is 66.4 Å². The minimum atomic E-state index is -1.25. The van der Waals surface area contributed by atoms with Crippen molar-refractivity contribution >= 4 is 11.9 Å². The molecule has 0 aromatic carbocycles. The van der Waals surface area contributed by atoms with Gasteiger partial charge in [-0.25, -0.2) is 0 Å². The standard InChI is InChI=1S/C16H27NO3/c1-16(15(19)20,12-8-4-2-5-9-12)14(18)17-13-10-6-3-7-11-13/h12-13H,2-11H2,1H3,(H,17,18)(H,19,20).